The van der Waals surface area contributed by atoms with E-state index in [1.54, 1.807) is 0 Å². The fourth-order valence-electron chi connectivity index (χ4n) is 1.64. The quantitative estimate of drug-likeness (QED) is 0.710. The van der Waals surface area contributed by atoms with E-state index < -0.39 is 0 Å². The van der Waals surface area contributed by atoms with Crippen LogP contribution >= 0.6 is 22.6 Å². The Morgan fingerprint density at radius 2 is 2.27 bits per heavy atom. The minimum Gasteiger partial charge on any atom is -0.324 e. The Morgan fingerprint density at radius 3 is 3.00 bits per heavy atom. The summed E-state index contributed by atoms with van der Waals surface area (Å²) in [7, 11) is 0. The molecular formula is C9H10IN. The predicted molar refractivity (Wildman–Crippen MR) is 54.4 cm³/mol. The molecule has 0 saturated carbocycles. The summed E-state index contributed by atoms with van der Waals surface area (Å²) in [5.41, 5.74) is 8.74. The molecule has 1 nitrogen and oxygen atoms in total. The van der Waals surface area contributed by atoms with Crippen molar-refractivity contribution in [2.75, 3.05) is 0 Å². The maximum atomic E-state index is 5.91. The van der Waals surface area contributed by atoms with E-state index in [0.717, 1.165) is 12.8 Å². The molecule has 0 aromatic heterocycles. The Hall–Kier alpha value is -0.0900. The molecule has 0 fully saturated rings. The van der Waals surface area contributed by atoms with E-state index in [-0.39, 0.29) is 0 Å². The van der Waals surface area contributed by atoms with Crippen molar-refractivity contribution in [1.29, 1.82) is 0 Å². The van der Waals surface area contributed by atoms with Crippen LogP contribution in [-0.2, 0) is 6.42 Å². The van der Waals surface area contributed by atoms with Crippen molar-refractivity contribution in [3.05, 3.63) is 32.9 Å². The van der Waals surface area contributed by atoms with Gasteiger partial charge in [0, 0.05) is 9.61 Å². The van der Waals surface area contributed by atoms with Gasteiger partial charge in [0.25, 0.3) is 0 Å². The van der Waals surface area contributed by atoms with Gasteiger partial charge in [-0.2, -0.15) is 0 Å². The van der Waals surface area contributed by atoms with Crippen molar-refractivity contribution in [3.63, 3.8) is 0 Å². The number of fused-ring (bicyclic) bond motifs is 1. The summed E-state index contributed by atoms with van der Waals surface area (Å²) in [6, 6.07) is 6.68. The minimum atomic E-state index is 0.291. The molecule has 11 heavy (non-hydrogen) atoms. The molecule has 1 aliphatic carbocycles. The number of nitrogens with two attached hydrogens (primary N) is 1. The van der Waals surface area contributed by atoms with Crippen molar-refractivity contribution in [3.8, 4) is 0 Å². The summed E-state index contributed by atoms with van der Waals surface area (Å²) in [5, 5.41) is 0. The van der Waals surface area contributed by atoms with E-state index in [2.05, 4.69) is 40.8 Å². The van der Waals surface area contributed by atoms with Crippen molar-refractivity contribution < 1.29 is 0 Å². The predicted octanol–water partition coefficient (Wildman–Crippen LogP) is 2.24. The van der Waals surface area contributed by atoms with Gasteiger partial charge in [0.15, 0.2) is 0 Å². The number of halogens is 1. The van der Waals surface area contributed by atoms with Gasteiger partial charge in [-0.25, -0.2) is 0 Å². The lowest BCUT2D eigenvalue weighted by atomic mass is 10.1. The second kappa shape index (κ2) is 2.75. The Kier molecular flexibility index (Phi) is 1.89. The van der Waals surface area contributed by atoms with Crippen molar-refractivity contribution >= 4 is 22.6 Å². The van der Waals surface area contributed by atoms with E-state index in [0.29, 0.717) is 6.04 Å². The van der Waals surface area contributed by atoms with Crippen LogP contribution in [-0.4, -0.2) is 0 Å². The van der Waals surface area contributed by atoms with Gasteiger partial charge < -0.3 is 5.73 Å². The smallest absolute Gasteiger partial charge is 0.0301 e. The molecule has 2 N–H and O–H groups in total. The standard InChI is InChI=1S/C9H10IN/c10-8-3-1-2-7-6(8)4-5-9(7)11/h1-3,9H,4-5,11H2. The summed E-state index contributed by atoms with van der Waals surface area (Å²) in [5.74, 6) is 0. The normalized spacial score (nSPS) is 21.8. The molecule has 0 heterocycles. The van der Waals surface area contributed by atoms with Gasteiger partial charge in [-0.15, -0.1) is 0 Å². The van der Waals surface area contributed by atoms with Crippen LogP contribution in [0.25, 0.3) is 0 Å². The molecule has 1 aromatic rings. The van der Waals surface area contributed by atoms with E-state index in [9.17, 15) is 0 Å². The molecule has 0 radical (unpaired) electrons. The average molecular weight is 259 g/mol. The molecule has 58 valence electrons. The summed E-state index contributed by atoms with van der Waals surface area (Å²) in [6.07, 6.45) is 2.28. The number of rotatable bonds is 0. The zero-order valence-corrected chi connectivity index (χ0v) is 8.34. The van der Waals surface area contributed by atoms with Crippen LogP contribution in [0.15, 0.2) is 18.2 Å². The van der Waals surface area contributed by atoms with Gasteiger partial charge >= 0.3 is 0 Å². The molecule has 0 amide bonds. The van der Waals surface area contributed by atoms with Crippen LogP contribution in [0.1, 0.15) is 23.6 Å². The first-order chi connectivity index (χ1) is 5.29. The number of benzene rings is 1. The van der Waals surface area contributed by atoms with Gasteiger partial charge in [-0.3, -0.25) is 0 Å². The maximum Gasteiger partial charge on any atom is 0.0301 e. The third-order valence-electron chi connectivity index (χ3n) is 2.26. The topological polar surface area (TPSA) is 26.0 Å². The molecule has 0 bridgehead atoms. The zero-order valence-electron chi connectivity index (χ0n) is 6.18. The third-order valence-corrected chi connectivity index (χ3v) is 3.27. The molecule has 0 aliphatic heterocycles. The first-order valence-electron chi connectivity index (χ1n) is 3.82. The number of hydrogen-bond acceptors (Lipinski definition) is 1. The van der Waals surface area contributed by atoms with Crippen LogP contribution in [0.5, 0.6) is 0 Å². The third kappa shape index (κ3) is 1.18. The SMILES string of the molecule is NC1CCc2c(I)cccc21. The second-order valence-corrected chi connectivity index (χ2v) is 4.11. The maximum absolute atomic E-state index is 5.91. The van der Waals surface area contributed by atoms with Crippen LogP contribution in [0.3, 0.4) is 0 Å². The molecule has 2 heteroatoms. The van der Waals surface area contributed by atoms with Crippen LogP contribution in [0, 0.1) is 3.57 Å². The summed E-state index contributed by atoms with van der Waals surface area (Å²) in [6.45, 7) is 0. The van der Waals surface area contributed by atoms with Crippen LogP contribution in [0.4, 0.5) is 0 Å². The van der Waals surface area contributed by atoms with E-state index in [4.69, 9.17) is 5.73 Å². The second-order valence-electron chi connectivity index (χ2n) is 2.95. The first kappa shape index (κ1) is 7.55. The highest BCUT2D eigenvalue weighted by atomic mass is 127. The lowest BCUT2D eigenvalue weighted by Gasteiger charge is -2.04. The Labute approximate surface area is 80.1 Å². The Bertz CT molecular complexity index is 283. The van der Waals surface area contributed by atoms with Crippen molar-refractivity contribution in [1.82, 2.24) is 0 Å². The Morgan fingerprint density at radius 1 is 1.45 bits per heavy atom. The molecule has 1 aliphatic rings. The molecule has 1 unspecified atom stereocenters. The van der Waals surface area contributed by atoms with Crippen molar-refractivity contribution in [2.24, 2.45) is 5.73 Å². The summed E-state index contributed by atoms with van der Waals surface area (Å²) < 4.78 is 1.37. The molecule has 0 spiro atoms. The number of hydrogen-bond donors (Lipinski definition) is 1. The average Bonchev–Trinajstić information content (AvgIpc) is 2.35. The van der Waals surface area contributed by atoms with Crippen LogP contribution < -0.4 is 5.73 Å². The molecule has 2 rings (SSSR count). The lowest BCUT2D eigenvalue weighted by molar-refractivity contribution is 0.713. The summed E-state index contributed by atoms with van der Waals surface area (Å²) in [4.78, 5) is 0. The minimum absolute atomic E-state index is 0.291. The lowest BCUT2D eigenvalue weighted by Crippen LogP contribution is -2.04. The van der Waals surface area contributed by atoms with E-state index in [1.165, 1.54) is 14.7 Å². The highest BCUT2D eigenvalue weighted by molar-refractivity contribution is 14.1. The van der Waals surface area contributed by atoms with Crippen molar-refractivity contribution in [2.45, 2.75) is 18.9 Å². The molecular weight excluding hydrogens is 249 g/mol. The summed E-state index contributed by atoms with van der Waals surface area (Å²) >= 11 is 2.38. The molecule has 0 saturated heterocycles. The zero-order chi connectivity index (χ0) is 7.84. The highest BCUT2D eigenvalue weighted by Crippen LogP contribution is 2.31. The fourth-order valence-corrected chi connectivity index (χ4v) is 2.43. The van der Waals surface area contributed by atoms with Gasteiger partial charge in [0.1, 0.15) is 0 Å². The molecule has 1 atom stereocenters. The van der Waals surface area contributed by atoms with Gasteiger partial charge in [-0.05, 0) is 52.6 Å². The Balaban J connectivity index is 2.57. The monoisotopic (exact) mass is 259 g/mol. The fraction of sp³-hybridized carbons (Fsp3) is 0.333. The largest absolute Gasteiger partial charge is 0.324 e. The van der Waals surface area contributed by atoms with Gasteiger partial charge in [0.05, 0.1) is 0 Å². The first-order valence-corrected chi connectivity index (χ1v) is 4.90. The van der Waals surface area contributed by atoms with E-state index >= 15 is 0 Å². The van der Waals surface area contributed by atoms with Crippen LogP contribution in [0.2, 0.25) is 0 Å². The van der Waals surface area contributed by atoms with Gasteiger partial charge in [0.2, 0.25) is 0 Å². The van der Waals surface area contributed by atoms with Gasteiger partial charge in [-0.1, -0.05) is 12.1 Å². The molecule has 1 aromatic carbocycles. The highest BCUT2D eigenvalue weighted by Gasteiger charge is 2.19. The van der Waals surface area contributed by atoms with E-state index in [1.807, 2.05) is 0 Å².